The van der Waals surface area contributed by atoms with Gasteiger partial charge in [0.2, 0.25) is 11.9 Å². The van der Waals surface area contributed by atoms with Crippen LogP contribution in [0.5, 0.6) is 0 Å². The summed E-state index contributed by atoms with van der Waals surface area (Å²) in [4.78, 5) is 28.2. The maximum Gasteiger partial charge on any atom is 0.252 e. The molecule has 0 spiro atoms. The van der Waals surface area contributed by atoms with Gasteiger partial charge in [-0.2, -0.15) is 4.39 Å². The van der Waals surface area contributed by atoms with Crippen molar-refractivity contribution in [1.29, 1.82) is 0 Å². The lowest BCUT2D eigenvalue weighted by Gasteiger charge is -2.18. The van der Waals surface area contributed by atoms with Gasteiger partial charge in [0.05, 0.1) is 12.3 Å². The average Bonchev–Trinajstić information content (AvgIpc) is 2.95. The van der Waals surface area contributed by atoms with Crippen LogP contribution in [0.2, 0.25) is 0 Å². The Morgan fingerprint density at radius 2 is 2.35 bits per heavy atom. The number of nitrogens with zero attached hydrogens (tertiary/aromatic N) is 4. The van der Waals surface area contributed by atoms with E-state index in [-0.39, 0.29) is 18.2 Å². The Labute approximate surface area is 131 Å². The summed E-state index contributed by atoms with van der Waals surface area (Å²) in [6.07, 6.45) is 2.00. The number of H-pyrrole nitrogens is 1. The summed E-state index contributed by atoms with van der Waals surface area (Å²) in [5, 5.41) is 3.16. The molecule has 1 atom stereocenters. The van der Waals surface area contributed by atoms with Gasteiger partial charge in [0.15, 0.2) is 0 Å². The van der Waals surface area contributed by atoms with Crippen LogP contribution in [0.3, 0.4) is 0 Å². The summed E-state index contributed by atoms with van der Waals surface area (Å²) < 4.78 is 18.1. The molecule has 0 saturated carbocycles. The third-order valence-electron chi connectivity index (χ3n) is 3.55. The normalized spacial score (nSPS) is 17.5. The second-order valence-electron chi connectivity index (χ2n) is 5.30. The minimum Gasteiger partial charge on any atom is -0.378 e. The predicted octanol–water partition coefficient (Wildman–Crippen LogP) is 0.536. The highest BCUT2D eigenvalue weighted by molar-refractivity contribution is 5.38. The van der Waals surface area contributed by atoms with Crippen molar-refractivity contribution in [2.24, 2.45) is 0 Å². The highest BCUT2D eigenvalue weighted by atomic mass is 19.1. The maximum absolute atomic E-state index is 13.1. The van der Waals surface area contributed by atoms with E-state index >= 15 is 0 Å². The van der Waals surface area contributed by atoms with E-state index in [2.05, 4.69) is 25.3 Å². The molecule has 3 rings (SSSR count). The van der Waals surface area contributed by atoms with Crippen LogP contribution in [0, 0.1) is 5.95 Å². The van der Waals surface area contributed by atoms with Gasteiger partial charge in [-0.25, -0.2) is 15.0 Å². The summed E-state index contributed by atoms with van der Waals surface area (Å²) in [5.41, 5.74) is 0.372. The number of methoxy groups -OCH3 is 1. The zero-order valence-electron chi connectivity index (χ0n) is 12.6. The van der Waals surface area contributed by atoms with Crippen LogP contribution >= 0.6 is 0 Å². The van der Waals surface area contributed by atoms with Gasteiger partial charge >= 0.3 is 0 Å². The summed E-state index contributed by atoms with van der Waals surface area (Å²) in [7, 11) is 1.55. The van der Waals surface area contributed by atoms with E-state index in [4.69, 9.17) is 4.74 Å². The molecule has 8 nitrogen and oxygen atoms in total. The molecular weight excluding hydrogens is 303 g/mol. The molecule has 23 heavy (non-hydrogen) atoms. The molecule has 9 heteroatoms. The van der Waals surface area contributed by atoms with Gasteiger partial charge in [-0.15, -0.1) is 0 Å². The molecule has 1 aliphatic rings. The fourth-order valence-electron chi connectivity index (χ4n) is 2.56. The first-order valence-corrected chi connectivity index (χ1v) is 7.22. The molecule has 2 N–H and O–H groups in total. The highest BCUT2D eigenvalue weighted by Gasteiger charge is 2.24. The van der Waals surface area contributed by atoms with Gasteiger partial charge in [0.25, 0.3) is 5.56 Å². The first kappa shape index (κ1) is 15.3. The van der Waals surface area contributed by atoms with Crippen LogP contribution in [0.1, 0.15) is 12.1 Å². The van der Waals surface area contributed by atoms with E-state index in [1.807, 2.05) is 4.90 Å². The number of hydrogen-bond donors (Lipinski definition) is 2. The van der Waals surface area contributed by atoms with E-state index in [1.165, 1.54) is 18.5 Å². The van der Waals surface area contributed by atoms with Crippen molar-refractivity contribution < 1.29 is 9.13 Å². The Hall–Kier alpha value is -2.55. The molecule has 122 valence electrons. The monoisotopic (exact) mass is 320 g/mol. The smallest absolute Gasteiger partial charge is 0.252 e. The minimum absolute atomic E-state index is 0.0840. The average molecular weight is 320 g/mol. The van der Waals surface area contributed by atoms with Crippen LogP contribution < -0.4 is 15.8 Å². The molecule has 1 saturated heterocycles. The largest absolute Gasteiger partial charge is 0.378 e. The Balaban J connectivity index is 1.69. The molecule has 0 aromatic carbocycles. The number of anilines is 2. The van der Waals surface area contributed by atoms with Crippen LogP contribution in [0.15, 0.2) is 23.3 Å². The predicted molar refractivity (Wildman–Crippen MR) is 81.8 cm³/mol. The lowest BCUT2D eigenvalue weighted by Crippen LogP contribution is -2.29. The van der Waals surface area contributed by atoms with Crippen molar-refractivity contribution in [3.63, 3.8) is 0 Å². The molecule has 3 heterocycles. The van der Waals surface area contributed by atoms with Gasteiger partial charge in [-0.05, 0) is 6.42 Å². The number of aromatic nitrogens is 4. The number of halogens is 1. The molecule has 2 aromatic heterocycles. The second-order valence-corrected chi connectivity index (χ2v) is 5.30. The van der Waals surface area contributed by atoms with Crippen LogP contribution in [0.4, 0.5) is 16.2 Å². The van der Waals surface area contributed by atoms with E-state index in [1.54, 1.807) is 7.11 Å². The third-order valence-corrected chi connectivity index (χ3v) is 3.55. The van der Waals surface area contributed by atoms with Crippen molar-refractivity contribution in [1.82, 2.24) is 19.9 Å². The molecule has 0 radical (unpaired) electrons. The maximum atomic E-state index is 13.1. The van der Waals surface area contributed by atoms with E-state index in [9.17, 15) is 9.18 Å². The van der Waals surface area contributed by atoms with Crippen LogP contribution in [0.25, 0.3) is 0 Å². The zero-order chi connectivity index (χ0) is 16.2. The van der Waals surface area contributed by atoms with Crippen LogP contribution in [-0.4, -0.2) is 46.2 Å². The standard InChI is InChI=1S/C14H17FN6O2/c1-23-7-10-4-13(22)20-14(19-10)21-3-2-9(6-21)18-12-5-11(15)16-8-17-12/h4-5,8-9H,2-3,6-7H2,1H3,(H,16,17,18)(H,19,20,22). The number of hydrogen-bond acceptors (Lipinski definition) is 7. The van der Waals surface area contributed by atoms with Crippen molar-refractivity contribution >= 4 is 11.8 Å². The summed E-state index contributed by atoms with van der Waals surface area (Å²) >= 11 is 0. The van der Waals surface area contributed by atoms with Gasteiger partial charge in [0, 0.05) is 38.4 Å². The Kier molecular flexibility index (Phi) is 4.47. The minimum atomic E-state index is -0.574. The molecule has 0 bridgehead atoms. The summed E-state index contributed by atoms with van der Waals surface area (Å²) in [5.74, 6) is 0.386. The zero-order valence-corrected chi connectivity index (χ0v) is 12.6. The SMILES string of the molecule is COCc1cc(=O)[nH]c(N2CCC(Nc3cc(F)ncn3)C2)n1. The van der Waals surface area contributed by atoms with Crippen LogP contribution in [-0.2, 0) is 11.3 Å². The number of rotatable bonds is 5. The van der Waals surface area contributed by atoms with Gasteiger partial charge in [0.1, 0.15) is 12.1 Å². The second kappa shape index (κ2) is 6.69. The summed E-state index contributed by atoms with van der Waals surface area (Å²) in [6.45, 7) is 1.64. The lowest BCUT2D eigenvalue weighted by atomic mass is 10.2. The molecule has 0 aliphatic carbocycles. The first-order valence-electron chi connectivity index (χ1n) is 7.22. The van der Waals surface area contributed by atoms with Gasteiger partial charge < -0.3 is 15.0 Å². The van der Waals surface area contributed by atoms with Gasteiger partial charge in [-0.1, -0.05) is 0 Å². The molecule has 2 aromatic rings. The molecular formula is C14H17FN6O2. The van der Waals surface area contributed by atoms with E-state index in [0.717, 1.165) is 13.0 Å². The summed E-state index contributed by atoms with van der Waals surface area (Å²) in [6, 6.07) is 2.76. The van der Waals surface area contributed by atoms with Crippen molar-refractivity contribution in [3.8, 4) is 0 Å². The fraction of sp³-hybridized carbons (Fsp3) is 0.429. The lowest BCUT2D eigenvalue weighted by molar-refractivity contribution is 0.181. The first-order chi connectivity index (χ1) is 11.1. The molecule has 1 unspecified atom stereocenters. The third kappa shape index (κ3) is 3.81. The van der Waals surface area contributed by atoms with E-state index in [0.29, 0.717) is 24.0 Å². The molecule has 1 aliphatic heterocycles. The topological polar surface area (TPSA) is 96.0 Å². The highest BCUT2D eigenvalue weighted by Crippen LogP contribution is 2.18. The Bertz CT molecular complexity index is 737. The fourth-order valence-corrected chi connectivity index (χ4v) is 2.56. The molecule has 1 fully saturated rings. The van der Waals surface area contributed by atoms with Crippen molar-refractivity contribution in [3.05, 3.63) is 40.5 Å². The van der Waals surface area contributed by atoms with Crippen molar-refractivity contribution in [2.75, 3.05) is 30.4 Å². The quantitative estimate of drug-likeness (QED) is 0.776. The molecule has 0 amide bonds. The Morgan fingerprint density at radius 1 is 1.48 bits per heavy atom. The van der Waals surface area contributed by atoms with Crippen molar-refractivity contribution in [2.45, 2.75) is 19.1 Å². The number of ether oxygens (including phenoxy) is 1. The van der Waals surface area contributed by atoms with E-state index < -0.39 is 5.95 Å². The number of aromatic amines is 1. The Morgan fingerprint density at radius 3 is 3.13 bits per heavy atom. The number of nitrogens with one attached hydrogen (secondary N) is 2. The van der Waals surface area contributed by atoms with Gasteiger partial charge in [-0.3, -0.25) is 9.78 Å².